The van der Waals surface area contributed by atoms with Gasteiger partial charge in [0.1, 0.15) is 0 Å². The number of ether oxygens (including phenoxy) is 2. The van der Waals surface area contributed by atoms with E-state index in [9.17, 15) is 0 Å². The van der Waals surface area contributed by atoms with Crippen molar-refractivity contribution in [3.8, 4) is 0 Å². The first-order valence-corrected chi connectivity index (χ1v) is 4.96. The molecule has 1 unspecified atom stereocenters. The molecule has 0 aromatic carbocycles. The van der Waals surface area contributed by atoms with Crippen molar-refractivity contribution >= 4 is 0 Å². The van der Waals surface area contributed by atoms with Crippen LogP contribution in [0.25, 0.3) is 0 Å². The smallest absolute Gasteiger partial charge is 0.0991 e. The SMILES string of the molecule is COCCOCCn1cc(C(C)N)nn1. The topological polar surface area (TPSA) is 75.2 Å². The predicted molar refractivity (Wildman–Crippen MR) is 55.3 cm³/mol. The van der Waals surface area contributed by atoms with Crippen LogP contribution in [0.4, 0.5) is 0 Å². The van der Waals surface area contributed by atoms with E-state index >= 15 is 0 Å². The zero-order valence-electron chi connectivity index (χ0n) is 9.22. The maximum Gasteiger partial charge on any atom is 0.0991 e. The van der Waals surface area contributed by atoms with Crippen molar-refractivity contribution in [1.82, 2.24) is 15.0 Å². The Bertz CT molecular complexity index is 275. The fourth-order valence-electron chi connectivity index (χ4n) is 1.03. The third-order valence-electron chi connectivity index (χ3n) is 1.92. The molecule has 6 heteroatoms. The molecule has 0 bridgehead atoms. The highest BCUT2D eigenvalue weighted by Crippen LogP contribution is 2.02. The quantitative estimate of drug-likeness (QED) is 0.645. The molecule has 6 nitrogen and oxygen atoms in total. The fourth-order valence-corrected chi connectivity index (χ4v) is 1.03. The highest BCUT2D eigenvalue weighted by Gasteiger charge is 2.04. The van der Waals surface area contributed by atoms with Crippen molar-refractivity contribution in [1.29, 1.82) is 0 Å². The Balaban J connectivity index is 2.20. The summed E-state index contributed by atoms with van der Waals surface area (Å²) >= 11 is 0. The number of nitrogens with zero attached hydrogens (tertiary/aromatic N) is 3. The highest BCUT2D eigenvalue weighted by molar-refractivity contribution is 4.97. The number of hydrogen-bond acceptors (Lipinski definition) is 5. The van der Waals surface area contributed by atoms with E-state index in [1.165, 1.54) is 0 Å². The molecule has 1 rings (SSSR count). The Morgan fingerprint density at radius 3 is 2.87 bits per heavy atom. The molecule has 1 aromatic heterocycles. The van der Waals surface area contributed by atoms with E-state index in [0.29, 0.717) is 26.4 Å². The summed E-state index contributed by atoms with van der Waals surface area (Å²) in [5.41, 5.74) is 6.46. The number of nitrogens with two attached hydrogens (primary N) is 1. The molecule has 86 valence electrons. The Labute approximate surface area is 89.3 Å². The minimum absolute atomic E-state index is 0.0758. The third-order valence-corrected chi connectivity index (χ3v) is 1.92. The van der Waals surface area contributed by atoms with E-state index in [0.717, 1.165) is 5.69 Å². The van der Waals surface area contributed by atoms with Crippen LogP contribution in [0.15, 0.2) is 6.20 Å². The molecule has 1 heterocycles. The van der Waals surface area contributed by atoms with Crippen LogP contribution in [0, 0.1) is 0 Å². The van der Waals surface area contributed by atoms with Gasteiger partial charge in [0, 0.05) is 13.2 Å². The van der Waals surface area contributed by atoms with Crippen LogP contribution in [-0.2, 0) is 16.0 Å². The lowest BCUT2D eigenvalue weighted by Crippen LogP contribution is -2.09. The van der Waals surface area contributed by atoms with Gasteiger partial charge in [0.2, 0.25) is 0 Å². The van der Waals surface area contributed by atoms with Gasteiger partial charge in [-0.15, -0.1) is 5.10 Å². The van der Waals surface area contributed by atoms with Crippen molar-refractivity contribution in [2.24, 2.45) is 5.73 Å². The average Bonchev–Trinajstić information content (AvgIpc) is 2.66. The number of hydrogen-bond donors (Lipinski definition) is 1. The van der Waals surface area contributed by atoms with Gasteiger partial charge in [0.15, 0.2) is 0 Å². The number of aromatic nitrogens is 3. The molecule has 0 radical (unpaired) electrons. The fraction of sp³-hybridized carbons (Fsp3) is 0.778. The van der Waals surface area contributed by atoms with E-state index in [2.05, 4.69) is 10.3 Å². The van der Waals surface area contributed by atoms with Gasteiger partial charge in [-0.05, 0) is 6.92 Å². The highest BCUT2D eigenvalue weighted by atomic mass is 16.5. The summed E-state index contributed by atoms with van der Waals surface area (Å²) in [6.07, 6.45) is 1.84. The Hall–Kier alpha value is -0.980. The van der Waals surface area contributed by atoms with Crippen LogP contribution in [0.1, 0.15) is 18.7 Å². The largest absolute Gasteiger partial charge is 0.382 e. The van der Waals surface area contributed by atoms with E-state index in [4.69, 9.17) is 15.2 Å². The first-order valence-electron chi connectivity index (χ1n) is 4.96. The average molecular weight is 214 g/mol. The standard InChI is InChI=1S/C9H18N4O2/c1-8(10)9-7-13(12-11-9)3-4-15-6-5-14-2/h7-8H,3-6,10H2,1-2H3. The van der Waals surface area contributed by atoms with Gasteiger partial charge in [0.05, 0.1) is 38.3 Å². The van der Waals surface area contributed by atoms with Gasteiger partial charge in [-0.1, -0.05) is 5.21 Å². The van der Waals surface area contributed by atoms with Gasteiger partial charge in [-0.25, -0.2) is 4.68 Å². The van der Waals surface area contributed by atoms with E-state index in [-0.39, 0.29) is 6.04 Å². The molecule has 1 aromatic rings. The molecule has 15 heavy (non-hydrogen) atoms. The molecule has 0 saturated carbocycles. The van der Waals surface area contributed by atoms with Gasteiger partial charge >= 0.3 is 0 Å². The van der Waals surface area contributed by atoms with Crippen molar-refractivity contribution in [2.75, 3.05) is 26.9 Å². The van der Waals surface area contributed by atoms with Gasteiger partial charge in [-0.2, -0.15) is 0 Å². The van der Waals surface area contributed by atoms with E-state index in [1.807, 2.05) is 13.1 Å². The number of rotatable bonds is 7. The minimum Gasteiger partial charge on any atom is -0.382 e. The molecule has 1 atom stereocenters. The maximum atomic E-state index is 5.66. The summed E-state index contributed by atoms with van der Waals surface area (Å²) in [5.74, 6) is 0. The van der Waals surface area contributed by atoms with Gasteiger partial charge in [-0.3, -0.25) is 0 Å². The minimum atomic E-state index is -0.0758. The van der Waals surface area contributed by atoms with Crippen LogP contribution >= 0.6 is 0 Å². The normalized spacial score (nSPS) is 13.0. The molecule has 0 saturated heterocycles. The molecule has 0 aliphatic carbocycles. The lowest BCUT2D eigenvalue weighted by Gasteiger charge is -2.02. The van der Waals surface area contributed by atoms with Crippen molar-refractivity contribution in [3.63, 3.8) is 0 Å². The second-order valence-corrected chi connectivity index (χ2v) is 3.30. The van der Waals surface area contributed by atoms with Gasteiger partial charge in [0.25, 0.3) is 0 Å². The molecule has 0 aliphatic heterocycles. The zero-order valence-corrected chi connectivity index (χ0v) is 9.22. The Morgan fingerprint density at radius 1 is 1.47 bits per heavy atom. The molecule has 0 spiro atoms. The second-order valence-electron chi connectivity index (χ2n) is 3.30. The second kappa shape index (κ2) is 6.49. The molecule has 0 fully saturated rings. The summed E-state index contributed by atoms with van der Waals surface area (Å²) in [5, 5.41) is 7.87. The predicted octanol–water partition coefficient (Wildman–Crippen LogP) is -0.0392. The molecular weight excluding hydrogens is 196 g/mol. The van der Waals surface area contributed by atoms with Crippen LogP contribution in [0.2, 0.25) is 0 Å². The monoisotopic (exact) mass is 214 g/mol. The molecule has 0 amide bonds. The summed E-state index contributed by atoms with van der Waals surface area (Å²) in [7, 11) is 1.65. The van der Waals surface area contributed by atoms with Crippen LogP contribution < -0.4 is 5.73 Å². The number of methoxy groups -OCH3 is 1. The Morgan fingerprint density at radius 2 is 2.27 bits per heavy atom. The van der Waals surface area contributed by atoms with Crippen molar-refractivity contribution < 1.29 is 9.47 Å². The van der Waals surface area contributed by atoms with Crippen LogP contribution in [0.3, 0.4) is 0 Å². The molecule has 0 aliphatic rings. The molecule has 2 N–H and O–H groups in total. The first-order chi connectivity index (χ1) is 7.24. The van der Waals surface area contributed by atoms with Crippen LogP contribution in [-0.4, -0.2) is 41.9 Å². The lowest BCUT2D eigenvalue weighted by atomic mass is 10.3. The lowest BCUT2D eigenvalue weighted by molar-refractivity contribution is 0.0652. The first kappa shape index (κ1) is 12.1. The van der Waals surface area contributed by atoms with Crippen LogP contribution in [0.5, 0.6) is 0 Å². The maximum absolute atomic E-state index is 5.66. The summed E-state index contributed by atoms with van der Waals surface area (Å²) in [4.78, 5) is 0. The summed E-state index contributed by atoms with van der Waals surface area (Å²) < 4.78 is 11.9. The Kier molecular flexibility index (Phi) is 5.23. The van der Waals surface area contributed by atoms with E-state index < -0.39 is 0 Å². The van der Waals surface area contributed by atoms with E-state index in [1.54, 1.807) is 11.8 Å². The summed E-state index contributed by atoms with van der Waals surface area (Å²) in [6.45, 7) is 4.38. The van der Waals surface area contributed by atoms with Crippen molar-refractivity contribution in [2.45, 2.75) is 19.5 Å². The van der Waals surface area contributed by atoms with Gasteiger partial charge < -0.3 is 15.2 Å². The zero-order chi connectivity index (χ0) is 11.1. The molecular formula is C9H18N4O2. The summed E-state index contributed by atoms with van der Waals surface area (Å²) in [6, 6.07) is -0.0758. The third kappa shape index (κ3) is 4.37. The van der Waals surface area contributed by atoms with Crippen molar-refractivity contribution in [3.05, 3.63) is 11.9 Å².